The summed E-state index contributed by atoms with van der Waals surface area (Å²) in [6.45, 7) is 11.4. The van der Waals surface area contributed by atoms with E-state index in [2.05, 4.69) is 6.92 Å². The lowest BCUT2D eigenvalue weighted by atomic mass is 9.81. The van der Waals surface area contributed by atoms with Gasteiger partial charge in [-0.2, -0.15) is 0 Å². The van der Waals surface area contributed by atoms with E-state index in [1.54, 1.807) is 28.1 Å². The van der Waals surface area contributed by atoms with Gasteiger partial charge in [-0.1, -0.05) is 45.4 Å². The first-order valence-electron chi connectivity index (χ1n) is 20.3. The third kappa shape index (κ3) is 10.5. The van der Waals surface area contributed by atoms with Crippen molar-refractivity contribution in [2.45, 2.75) is 167 Å². The van der Waals surface area contributed by atoms with Crippen LogP contribution in [0.3, 0.4) is 0 Å². The molecule has 0 aromatic rings. The molecular formula is C42H67NO11. The molecule has 13 atom stereocenters. The lowest BCUT2D eigenvalue weighted by Crippen LogP contribution is -2.62. The second kappa shape index (κ2) is 19.6. The van der Waals surface area contributed by atoms with Gasteiger partial charge in [0.1, 0.15) is 17.9 Å². The molecule has 2 saturated heterocycles. The van der Waals surface area contributed by atoms with Crippen molar-refractivity contribution in [2.75, 3.05) is 20.8 Å². The van der Waals surface area contributed by atoms with Crippen molar-refractivity contribution < 1.29 is 53.4 Å². The van der Waals surface area contributed by atoms with Crippen LogP contribution in [0.25, 0.3) is 0 Å². The summed E-state index contributed by atoms with van der Waals surface area (Å²) in [5.74, 6) is -6.98. The van der Waals surface area contributed by atoms with Crippen LogP contribution in [0.1, 0.15) is 119 Å². The first-order chi connectivity index (χ1) is 25.5. The highest BCUT2D eigenvalue weighted by Crippen LogP contribution is 2.38. The normalized spacial score (nSPS) is 41.3. The third-order valence-electron chi connectivity index (χ3n) is 12.6. The maximum atomic E-state index is 14.2. The zero-order valence-corrected chi connectivity index (χ0v) is 33.8. The highest BCUT2D eigenvalue weighted by atomic mass is 16.7. The highest BCUT2D eigenvalue weighted by molar-refractivity contribution is 6.39. The standard InChI is InChI=1S/C42H67NO11/c1-9-30-19-25(3)18-24(2)13-16-35-37(52-8)21-27(5)42(50,54-35)39(47)40(48)43-17-11-10-12-31(43)41(49)53-38(28(6)33(45)23-34(30)46)26(4)20-29-14-15-32(44)36(22-29)51-7/h19-20,24,27-33,35-38,44-45,50H,9-18,21-23H2,1-8H3/b25-19+,26-20+/t24-,27-,28-,29+,30-,31?,32-,33+,35-,36-,37?,38-,42-/m1/s1. The van der Waals surface area contributed by atoms with Gasteiger partial charge < -0.3 is 39.2 Å². The van der Waals surface area contributed by atoms with Crippen LogP contribution in [0.15, 0.2) is 23.3 Å². The van der Waals surface area contributed by atoms with Crippen molar-refractivity contribution >= 4 is 23.4 Å². The van der Waals surface area contributed by atoms with Crippen LogP contribution in [0.2, 0.25) is 0 Å². The molecule has 0 aromatic heterocycles. The quantitative estimate of drug-likeness (QED) is 0.199. The van der Waals surface area contributed by atoms with Crippen molar-refractivity contribution in [1.82, 2.24) is 4.90 Å². The summed E-state index contributed by atoms with van der Waals surface area (Å²) in [6, 6.07) is -1.10. The molecule has 3 fully saturated rings. The largest absolute Gasteiger partial charge is 0.456 e. The first-order valence-corrected chi connectivity index (χ1v) is 20.3. The molecule has 0 aromatic carbocycles. The number of aliphatic hydroxyl groups excluding tert-OH is 2. The van der Waals surface area contributed by atoms with Crippen LogP contribution in [-0.2, 0) is 38.1 Å². The number of Topliss-reactive ketones (excluding diaryl/α,β-unsaturated/α-hetero) is 2. The van der Waals surface area contributed by atoms with Crippen LogP contribution < -0.4 is 0 Å². The van der Waals surface area contributed by atoms with Gasteiger partial charge in [0.15, 0.2) is 0 Å². The van der Waals surface area contributed by atoms with Crippen molar-refractivity contribution in [1.29, 1.82) is 0 Å². The molecule has 4 aliphatic rings. The fourth-order valence-electron chi connectivity index (χ4n) is 9.09. The number of piperidine rings is 1. The van der Waals surface area contributed by atoms with Gasteiger partial charge in [-0.25, -0.2) is 4.79 Å². The van der Waals surface area contributed by atoms with Crippen molar-refractivity contribution in [3.8, 4) is 0 Å². The summed E-state index contributed by atoms with van der Waals surface area (Å²) in [5, 5.41) is 33.9. The van der Waals surface area contributed by atoms with Crippen LogP contribution in [-0.4, -0.2) is 113 Å². The second-order valence-electron chi connectivity index (χ2n) is 16.8. The Balaban J connectivity index is 1.73. The van der Waals surface area contributed by atoms with Gasteiger partial charge >= 0.3 is 5.97 Å². The van der Waals surface area contributed by atoms with Crippen LogP contribution in [0.4, 0.5) is 0 Å². The first kappa shape index (κ1) is 44.2. The Bertz CT molecular complexity index is 1380. The Morgan fingerprint density at radius 3 is 2.31 bits per heavy atom. The number of carbonyl (C=O) groups is 4. The Hall–Kier alpha value is -2.48. The SMILES string of the molecule is CC[C@@H]1/C=C(\C)C[C@H](C)CC[C@H]2O[C@@](O)(C(=O)C(=O)N3CCCCC3C(=O)O[C@H](/C(C)=C/[C@@H]3CC[C@@H](O)[C@H](OC)C3)[C@H](C)[C@@H](O)CC1=O)[C@H](C)CC2OC. The Labute approximate surface area is 322 Å². The number of allylic oxidation sites excluding steroid dienone is 3. The van der Waals surface area contributed by atoms with Gasteiger partial charge in [-0.05, 0) is 102 Å². The minimum atomic E-state index is -2.40. The number of ether oxygens (including phenoxy) is 4. The summed E-state index contributed by atoms with van der Waals surface area (Å²) in [7, 11) is 3.13. The maximum Gasteiger partial charge on any atom is 0.329 e. The number of hydrogen-bond donors (Lipinski definition) is 3. The van der Waals surface area contributed by atoms with E-state index >= 15 is 0 Å². The number of hydrogen-bond acceptors (Lipinski definition) is 11. The van der Waals surface area contributed by atoms with Crippen molar-refractivity contribution in [3.05, 3.63) is 23.3 Å². The Morgan fingerprint density at radius 1 is 0.944 bits per heavy atom. The van der Waals surface area contributed by atoms with Gasteiger partial charge in [-0.15, -0.1) is 0 Å². The summed E-state index contributed by atoms with van der Waals surface area (Å²) < 4.78 is 23.7. The highest BCUT2D eigenvalue weighted by Gasteiger charge is 2.55. The molecule has 306 valence electrons. The lowest BCUT2D eigenvalue weighted by Gasteiger charge is -2.45. The van der Waals surface area contributed by atoms with Gasteiger partial charge in [0.25, 0.3) is 11.7 Å². The second-order valence-corrected chi connectivity index (χ2v) is 16.8. The zero-order valence-electron chi connectivity index (χ0n) is 33.8. The average Bonchev–Trinajstić information content (AvgIpc) is 3.15. The third-order valence-corrected chi connectivity index (χ3v) is 12.6. The monoisotopic (exact) mass is 761 g/mol. The number of fused-ring (bicyclic) bond motifs is 3. The van der Waals surface area contributed by atoms with Gasteiger partial charge in [-0.3, -0.25) is 14.4 Å². The molecule has 4 rings (SSSR count). The number of ketones is 2. The number of carbonyl (C=O) groups excluding carboxylic acids is 4. The fraction of sp³-hybridized carbons (Fsp3) is 0.810. The van der Waals surface area contributed by atoms with E-state index in [0.717, 1.165) is 5.57 Å². The molecule has 54 heavy (non-hydrogen) atoms. The van der Waals surface area contributed by atoms with Crippen LogP contribution in [0.5, 0.6) is 0 Å². The molecule has 0 radical (unpaired) electrons. The number of amides is 1. The predicted octanol–water partition coefficient (Wildman–Crippen LogP) is 4.85. The molecule has 12 heteroatoms. The minimum absolute atomic E-state index is 0.0123. The van der Waals surface area contributed by atoms with Crippen LogP contribution >= 0.6 is 0 Å². The molecule has 3 aliphatic heterocycles. The summed E-state index contributed by atoms with van der Waals surface area (Å²) in [5.41, 5.74) is 1.72. The molecule has 2 bridgehead atoms. The average molecular weight is 762 g/mol. The number of methoxy groups -OCH3 is 2. The number of nitrogens with zero attached hydrogens (tertiary/aromatic N) is 1. The van der Waals surface area contributed by atoms with E-state index in [1.165, 1.54) is 4.90 Å². The van der Waals surface area contributed by atoms with E-state index in [-0.39, 0.29) is 43.1 Å². The maximum absolute atomic E-state index is 14.2. The molecular weight excluding hydrogens is 694 g/mol. The molecule has 1 aliphatic carbocycles. The fourth-order valence-corrected chi connectivity index (χ4v) is 9.09. The lowest BCUT2D eigenvalue weighted by molar-refractivity contribution is -0.287. The molecule has 2 unspecified atom stereocenters. The molecule has 3 N–H and O–H groups in total. The number of rotatable bonds is 5. The van der Waals surface area contributed by atoms with E-state index < -0.39 is 77.8 Å². The van der Waals surface area contributed by atoms with E-state index in [4.69, 9.17) is 18.9 Å². The van der Waals surface area contributed by atoms with E-state index in [1.807, 2.05) is 32.9 Å². The zero-order chi connectivity index (χ0) is 39.9. The number of cyclic esters (lactones) is 1. The molecule has 3 heterocycles. The summed E-state index contributed by atoms with van der Waals surface area (Å²) in [4.78, 5) is 57.3. The van der Waals surface area contributed by atoms with Gasteiger partial charge in [0.2, 0.25) is 5.79 Å². The predicted molar refractivity (Wildman–Crippen MR) is 202 cm³/mol. The van der Waals surface area contributed by atoms with Crippen LogP contribution in [0, 0.1) is 29.6 Å². The van der Waals surface area contributed by atoms with E-state index in [0.29, 0.717) is 69.8 Å². The minimum Gasteiger partial charge on any atom is -0.456 e. The van der Waals surface area contributed by atoms with Crippen molar-refractivity contribution in [2.24, 2.45) is 29.6 Å². The summed E-state index contributed by atoms with van der Waals surface area (Å²) in [6.07, 6.45) is 5.79. The molecule has 12 nitrogen and oxygen atoms in total. The van der Waals surface area contributed by atoms with Crippen molar-refractivity contribution in [3.63, 3.8) is 0 Å². The number of aliphatic hydroxyl groups is 3. The van der Waals surface area contributed by atoms with Gasteiger partial charge in [0.05, 0.1) is 30.5 Å². The summed E-state index contributed by atoms with van der Waals surface area (Å²) >= 11 is 0. The topological polar surface area (TPSA) is 169 Å². The Kier molecular flexibility index (Phi) is 16.0. The van der Waals surface area contributed by atoms with Gasteiger partial charge in [0, 0.05) is 44.9 Å². The molecule has 1 amide bonds. The Morgan fingerprint density at radius 2 is 1.65 bits per heavy atom. The molecule has 0 spiro atoms. The number of esters is 1. The van der Waals surface area contributed by atoms with E-state index in [9.17, 15) is 34.5 Å². The molecule has 1 saturated carbocycles. The smallest absolute Gasteiger partial charge is 0.329 e.